The largest absolute Gasteiger partial charge is 0.495 e. The van der Waals surface area contributed by atoms with Crippen LogP contribution >= 0.6 is 23.4 Å². The predicted octanol–water partition coefficient (Wildman–Crippen LogP) is 3.93. The van der Waals surface area contributed by atoms with Crippen molar-refractivity contribution in [3.05, 3.63) is 75.8 Å². The number of hydrogen-bond acceptors (Lipinski definition) is 5. The normalized spacial score (nSPS) is 10.5. The minimum absolute atomic E-state index is 0.0454. The standard InChI is InChI=1S/C20H18ClN3O3S/c1-13-3-6-15(7-4-13)24-10-9-22-19(20(24)26)28-12-18(25)23-14-5-8-17(27-2)16(21)11-14/h3-11H,12H2,1-2H3,(H,23,25). The lowest BCUT2D eigenvalue weighted by atomic mass is 10.2. The van der Waals surface area contributed by atoms with Crippen molar-refractivity contribution in [3.8, 4) is 11.4 Å². The first-order valence-corrected chi connectivity index (χ1v) is 9.75. The maximum Gasteiger partial charge on any atom is 0.287 e. The first-order chi connectivity index (χ1) is 13.5. The van der Waals surface area contributed by atoms with Gasteiger partial charge in [-0.2, -0.15) is 0 Å². The number of amides is 1. The molecule has 0 aliphatic rings. The van der Waals surface area contributed by atoms with Gasteiger partial charge in [0.1, 0.15) is 5.75 Å². The fourth-order valence-corrected chi connectivity index (χ4v) is 3.43. The van der Waals surface area contributed by atoms with Crippen LogP contribution in [-0.2, 0) is 4.79 Å². The van der Waals surface area contributed by atoms with Gasteiger partial charge < -0.3 is 10.1 Å². The summed E-state index contributed by atoms with van der Waals surface area (Å²) >= 11 is 7.14. The van der Waals surface area contributed by atoms with Crippen LogP contribution in [0.15, 0.2) is 64.7 Å². The molecule has 0 spiro atoms. The molecule has 3 rings (SSSR count). The first-order valence-electron chi connectivity index (χ1n) is 8.39. The molecular weight excluding hydrogens is 398 g/mol. The van der Waals surface area contributed by atoms with Gasteiger partial charge in [0.15, 0.2) is 5.03 Å². The van der Waals surface area contributed by atoms with Gasteiger partial charge in [0, 0.05) is 23.8 Å². The minimum atomic E-state index is -0.267. The van der Waals surface area contributed by atoms with Gasteiger partial charge in [-0.25, -0.2) is 4.98 Å². The van der Waals surface area contributed by atoms with E-state index in [1.54, 1.807) is 30.6 Å². The highest BCUT2D eigenvalue weighted by Gasteiger charge is 2.11. The van der Waals surface area contributed by atoms with E-state index in [-0.39, 0.29) is 22.2 Å². The van der Waals surface area contributed by atoms with Crippen LogP contribution in [-0.4, -0.2) is 28.3 Å². The Morgan fingerprint density at radius 2 is 2.00 bits per heavy atom. The smallest absolute Gasteiger partial charge is 0.287 e. The molecule has 1 amide bonds. The van der Waals surface area contributed by atoms with E-state index in [4.69, 9.17) is 16.3 Å². The second-order valence-electron chi connectivity index (χ2n) is 5.93. The molecule has 1 aromatic heterocycles. The molecule has 28 heavy (non-hydrogen) atoms. The topological polar surface area (TPSA) is 73.2 Å². The summed E-state index contributed by atoms with van der Waals surface area (Å²) in [5.41, 5.74) is 2.14. The number of nitrogens with zero attached hydrogens (tertiary/aromatic N) is 2. The highest BCUT2D eigenvalue weighted by molar-refractivity contribution is 7.99. The molecule has 8 heteroatoms. The monoisotopic (exact) mass is 415 g/mol. The van der Waals surface area contributed by atoms with E-state index >= 15 is 0 Å². The second-order valence-corrected chi connectivity index (χ2v) is 7.30. The Morgan fingerprint density at radius 1 is 1.25 bits per heavy atom. The predicted molar refractivity (Wildman–Crippen MR) is 112 cm³/mol. The van der Waals surface area contributed by atoms with Gasteiger partial charge in [-0.15, -0.1) is 0 Å². The number of aromatic nitrogens is 2. The number of aryl methyl sites for hydroxylation is 1. The third-order valence-corrected chi connectivity index (χ3v) is 5.15. The number of ether oxygens (including phenoxy) is 1. The highest BCUT2D eigenvalue weighted by Crippen LogP contribution is 2.27. The van der Waals surface area contributed by atoms with E-state index in [2.05, 4.69) is 10.3 Å². The molecule has 0 bridgehead atoms. The number of anilines is 1. The Morgan fingerprint density at radius 3 is 2.68 bits per heavy atom. The average Bonchev–Trinajstić information content (AvgIpc) is 2.68. The number of thioether (sulfide) groups is 1. The number of halogens is 1. The fourth-order valence-electron chi connectivity index (χ4n) is 2.48. The maximum absolute atomic E-state index is 12.7. The van der Waals surface area contributed by atoms with Crippen LogP contribution in [0.4, 0.5) is 5.69 Å². The van der Waals surface area contributed by atoms with Crippen LogP contribution in [0.5, 0.6) is 5.75 Å². The third kappa shape index (κ3) is 4.74. The molecule has 1 N–H and O–H groups in total. The summed E-state index contributed by atoms with van der Waals surface area (Å²) in [6.45, 7) is 1.98. The maximum atomic E-state index is 12.7. The van der Waals surface area contributed by atoms with E-state index < -0.39 is 0 Å². The molecule has 0 saturated heterocycles. The molecular formula is C20H18ClN3O3S. The lowest BCUT2D eigenvalue weighted by Gasteiger charge is -2.09. The van der Waals surface area contributed by atoms with Crippen molar-refractivity contribution in [2.45, 2.75) is 11.9 Å². The lowest BCUT2D eigenvalue weighted by Crippen LogP contribution is -2.22. The van der Waals surface area contributed by atoms with Crippen LogP contribution in [0.2, 0.25) is 5.02 Å². The zero-order valence-electron chi connectivity index (χ0n) is 15.3. The highest BCUT2D eigenvalue weighted by atomic mass is 35.5. The molecule has 0 unspecified atom stereocenters. The van der Waals surface area contributed by atoms with Crippen LogP contribution in [0.25, 0.3) is 5.69 Å². The van der Waals surface area contributed by atoms with Crippen molar-refractivity contribution < 1.29 is 9.53 Å². The lowest BCUT2D eigenvalue weighted by molar-refractivity contribution is -0.113. The Bertz CT molecular complexity index is 1050. The van der Waals surface area contributed by atoms with E-state index in [0.717, 1.165) is 23.0 Å². The van der Waals surface area contributed by atoms with Crippen molar-refractivity contribution in [2.75, 3.05) is 18.2 Å². The number of hydrogen-bond donors (Lipinski definition) is 1. The summed E-state index contributed by atoms with van der Waals surface area (Å²) < 4.78 is 6.59. The zero-order valence-corrected chi connectivity index (χ0v) is 16.9. The van der Waals surface area contributed by atoms with Crippen molar-refractivity contribution in [3.63, 3.8) is 0 Å². The van der Waals surface area contributed by atoms with Crippen molar-refractivity contribution in [2.24, 2.45) is 0 Å². The molecule has 6 nitrogen and oxygen atoms in total. The SMILES string of the molecule is COc1ccc(NC(=O)CSc2nccn(-c3ccc(C)cc3)c2=O)cc1Cl. The van der Waals surface area contributed by atoms with E-state index in [1.165, 1.54) is 11.7 Å². The minimum Gasteiger partial charge on any atom is -0.495 e. The van der Waals surface area contributed by atoms with Gasteiger partial charge >= 0.3 is 0 Å². The second kappa shape index (κ2) is 8.95. The summed E-state index contributed by atoms with van der Waals surface area (Å²) in [6.07, 6.45) is 3.15. The molecule has 3 aromatic rings. The van der Waals surface area contributed by atoms with E-state index in [9.17, 15) is 9.59 Å². The summed E-state index contributed by atoms with van der Waals surface area (Å²) in [4.78, 5) is 29.0. The molecule has 0 aliphatic heterocycles. The summed E-state index contributed by atoms with van der Waals surface area (Å²) in [5.74, 6) is 0.307. The number of carbonyl (C=O) groups excluding carboxylic acids is 1. The average molecular weight is 416 g/mol. The number of methoxy groups -OCH3 is 1. The molecule has 0 radical (unpaired) electrons. The van der Waals surface area contributed by atoms with Gasteiger partial charge in [-0.1, -0.05) is 41.1 Å². The number of benzene rings is 2. The molecule has 0 aliphatic carbocycles. The molecule has 2 aromatic carbocycles. The zero-order chi connectivity index (χ0) is 20.1. The van der Waals surface area contributed by atoms with E-state index in [1.807, 2.05) is 31.2 Å². The van der Waals surface area contributed by atoms with Crippen LogP contribution < -0.4 is 15.6 Å². The summed E-state index contributed by atoms with van der Waals surface area (Å²) in [6, 6.07) is 12.6. The number of rotatable bonds is 6. The van der Waals surface area contributed by atoms with Crippen molar-refractivity contribution in [1.29, 1.82) is 0 Å². The van der Waals surface area contributed by atoms with Crippen molar-refractivity contribution >= 4 is 35.0 Å². The van der Waals surface area contributed by atoms with Crippen molar-refractivity contribution in [1.82, 2.24) is 9.55 Å². The van der Waals surface area contributed by atoms with Gasteiger partial charge in [-0.3, -0.25) is 14.2 Å². The fraction of sp³-hybridized carbons (Fsp3) is 0.150. The number of nitrogens with one attached hydrogen (secondary N) is 1. The summed E-state index contributed by atoms with van der Waals surface area (Å²) in [5, 5.41) is 3.40. The number of carbonyl (C=O) groups is 1. The van der Waals surface area contributed by atoms with Gasteiger partial charge in [0.05, 0.1) is 17.9 Å². The molecule has 0 saturated carbocycles. The Labute approximate surface area is 171 Å². The summed E-state index contributed by atoms with van der Waals surface area (Å²) in [7, 11) is 1.52. The molecule has 1 heterocycles. The molecule has 0 atom stereocenters. The van der Waals surface area contributed by atoms with E-state index in [0.29, 0.717) is 16.5 Å². The molecule has 144 valence electrons. The Kier molecular flexibility index (Phi) is 6.38. The van der Waals surface area contributed by atoms with Gasteiger partial charge in [0.25, 0.3) is 5.56 Å². The van der Waals surface area contributed by atoms with Crippen LogP contribution in [0.1, 0.15) is 5.56 Å². The first kappa shape index (κ1) is 20.0. The Hall–Kier alpha value is -2.77. The van der Waals surface area contributed by atoms with Gasteiger partial charge in [0.2, 0.25) is 5.91 Å². The molecule has 0 fully saturated rings. The van der Waals surface area contributed by atoms with Crippen LogP contribution in [0.3, 0.4) is 0 Å². The van der Waals surface area contributed by atoms with Crippen LogP contribution in [0, 0.1) is 6.92 Å². The van der Waals surface area contributed by atoms with Gasteiger partial charge in [-0.05, 0) is 37.3 Å². The Balaban J connectivity index is 1.68. The third-order valence-electron chi connectivity index (χ3n) is 3.90. The quantitative estimate of drug-likeness (QED) is 0.617.